The zero-order chi connectivity index (χ0) is 15.3. The molecule has 0 radical (unpaired) electrons. The molecule has 0 saturated carbocycles. The molecule has 0 aliphatic rings. The summed E-state index contributed by atoms with van der Waals surface area (Å²) in [5, 5.41) is 4.58. The Hall–Kier alpha value is -2.38. The van der Waals surface area contributed by atoms with Crippen LogP contribution < -0.4 is 0 Å². The summed E-state index contributed by atoms with van der Waals surface area (Å²) in [4.78, 5) is 4.25. The molecule has 0 N–H and O–H groups in total. The summed E-state index contributed by atoms with van der Waals surface area (Å²) in [7, 11) is -3.74. The molecule has 3 heterocycles. The molecule has 0 amide bonds. The largest absolute Gasteiger partial charge is 0.356 e. The van der Waals surface area contributed by atoms with E-state index >= 15 is 0 Å². The van der Waals surface area contributed by atoms with Gasteiger partial charge in [-0.2, -0.15) is 0 Å². The average Bonchev–Trinajstić information content (AvgIpc) is 3.12. The number of hydrogen-bond acceptors (Lipinski definition) is 5. The summed E-state index contributed by atoms with van der Waals surface area (Å²) in [5.41, 5.74) is 1.52. The molecular formula is C14H8ClN3O3S. The van der Waals surface area contributed by atoms with Gasteiger partial charge in [0.2, 0.25) is 0 Å². The highest BCUT2D eigenvalue weighted by Gasteiger charge is 2.20. The van der Waals surface area contributed by atoms with E-state index in [1.165, 1.54) is 28.5 Å². The standard InChI is InChI=1S/C14H8ClN3O3S/c15-14-4-2-12-11(17-14)5-6-18(12)22(19,20)10-1-3-13-9(7-10)8-16-21-13/h1-8H. The monoisotopic (exact) mass is 333 g/mol. The molecule has 6 nitrogen and oxygen atoms in total. The van der Waals surface area contributed by atoms with Crippen LogP contribution in [0.15, 0.2) is 58.2 Å². The lowest BCUT2D eigenvalue weighted by molar-refractivity contribution is 0.456. The minimum Gasteiger partial charge on any atom is -0.356 e. The topological polar surface area (TPSA) is 78.0 Å². The van der Waals surface area contributed by atoms with E-state index in [9.17, 15) is 8.42 Å². The van der Waals surface area contributed by atoms with Crippen molar-refractivity contribution >= 4 is 43.6 Å². The lowest BCUT2D eigenvalue weighted by atomic mass is 10.3. The SMILES string of the molecule is O=S(=O)(c1ccc2oncc2c1)n1ccc2nc(Cl)ccc21. The van der Waals surface area contributed by atoms with E-state index in [2.05, 4.69) is 10.1 Å². The second-order valence-electron chi connectivity index (χ2n) is 4.68. The van der Waals surface area contributed by atoms with Gasteiger partial charge in [0.05, 0.1) is 22.1 Å². The maximum Gasteiger partial charge on any atom is 0.268 e. The van der Waals surface area contributed by atoms with Crippen LogP contribution in [0.2, 0.25) is 5.15 Å². The predicted octanol–water partition coefficient (Wildman–Crippen LogP) is 3.07. The summed E-state index contributed by atoms with van der Waals surface area (Å²) >= 11 is 5.82. The van der Waals surface area contributed by atoms with Gasteiger partial charge in [-0.05, 0) is 36.4 Å². The van der Waals surface area contributed by atoms with Crippen LogP contribution in [0, 0.1) is 0 Å². The molecule has 0 aliphatic carbocycles. The maximum absolute atomic E-state index is 12.8. The van der Waals surface area contributed by atoms with Gasteiger partial charge in [-0.15, -0.1) is 0 Å². The summed E-state index contributed by atoms with van der Waals surface area (Å²) < 4.78 is 31.8. The van der Waals surface area contributed by atoms with Gasteiger partial charge in [-0.3, -0.25) is 0 Å². The van der Waals surface area contributed by atoms with E-state index in [1.54, 1.807) is 24.3 Å². The van der Waals surface area contributed by atoms with Crippen molar-refractivity contribution in [3.8, 4) is 0 Å². The van der Waals surface area contributed by atoms with E-state index in [0.29, 0.717) is 27.2 Å². The van der Waals surface area contributed by atoms with Gasteiger partial charge in [-0.1, -0.05) is 16.8 Å². The van der Waals surface area contributed by atoms with Crippen molar-refractivity contribution in [1.82, 2.24) is 14.1 Å². The summed E-state index contributed by atoms with van der Waals surface area (Å²) in [6, 6.07) is 9.38. The Labute approximate surface area is 130 Å². The van der Waals surface area contributed by atoms with Gasteiger partial charge in [0, 0.05) is 11.6 Å². The minimum absolute atomic E-state index is 0.149. The van der Waals surface area contributed by atoms with Crippen LogP contribution in [0.5, 0.6) is 0 Å². The Kier molecular flexibility index (Phi) is 2.75. The summed E-state index contributed by atoms with van der Waals surface area (Å²) in [6.45, 7) is 0. The molecule has 4 rings (SSSR count). The first-order valence-corrected chi connectivity index (χ1v) is 8.11. The van der Waals surface area contributed by atoms with Crippen LogP contribution in [0.4, 0.5) is 0 Å². The number of fused-ring (bicyclic) bond motifs is 2. The molecule has 1 aromatic carbocycles. The van der Waals surface area contributed by atoms with Crippen molar-refractivity contribution < 1.29 is 12.9 Å². The van der Waals surface area contributed by atoms with Crippen molar-refractivity contribution in [3.63, 3.8) is 0 Å². The fourth-order valence-electron chi connectivity index (χ4n) is 2.30. The van der Waals surface area contributed by atoms with Crippen molar-refractivity contribution in [3.05, 3.63) is 53.9 Å². The number of aromatic nitrogens is 3. The summed E-state index contributed by atoms with van der Waals surface area (Å²) in [6.07, 6.45) is 2.94. The number of hydrogen-bond donors (Lipinski definition) is 0. The second kappa shape index (κ2) is 4.56. The Morgan fingerprint density at radius 2 is 2.00 bits per heavy atom. The van der Waals surface area contributed by atoms with E-state index in [1.807, 2.05) is 0 Å². The Balaban J connectivity index is 1.95. The zero-order valence-electron chi connectivity index (χ0n) is 11.0. The minimum atomic E-state index is -3.74. The smallest absolute Gasteiger partial charge is 0.268 e. The Morgan fingerprint density at radius 1 is 1.14 bits per heavy atom. The van der Waals surface area contributed by atoms with Gasteiger partial charge < -0.3 is 4.52 Å². The fraction of sp³-hybridized carbons (Fsp3) is 0. The third kappa shape index (κ3) is 1.90. The lowest BCUT2D eigenvalue weighted by Crippen LogP contribution is -2.11. The Morgan fingerprint density at radius 3 is 2.86 bits per heavy atom. The average molecular weight is 334 g/mol. The molecule has 0 saturated heterocycles. The quantitative estimate of drug-likeness (QED) is 0.527. The predicted molar refractivity (Wildman–Crippen MR) is 81.3 cm³/mol. The van der Waals surface area contributed by atoms with Gasteiger partial charge in [0.15, 0.2) is 5.58 Å². The third-order valence-electron chi connectivity index (χ3n) is 3.35. The second-order valence-corrected chi connectivity index (χ2v) is 6.88. The van der Waals surface area contributed by atoms with Crippen molar-refractivity contribution in [2.75, 3.05) is 0 Å². The van der Waals surface area contributed by atoms with Gasteiger partial charge in [0.25, 0.3) is 10.0 Å². The van der Waals surface area contributed by atoms with E-state index in [4.69, 9.17) is 16.1 Å². The maximum atomic E-state index is 12.8. The molecule has 0 unspecified atom stereocenters. The molecule has 22 heavy (non-hydrogen) atoms. The number of nitrogens with zero attached hydrogens (tertiary/aromatic N) is 3. The molecule has 110 valence electrons. The van der Waals surface area contributed by atoms with Gasteiger partial charge in [0.1, 0.15) is 5.15 Å². The molecule has 0 aliphatic heterocycles. The highest BCUT2D eigenvalue weighted by atomic mass is 35.5. The van der Waals surface area contributed by atoms with Gasteiger partial charge >= 0.3 is 0 Å². The molecule has 0 atom stereocenters. The van der Waals surface area contributed by atoms with E-state index in [0.717, 1.165) is 0 Å². The molecule has 0 bridgehead atoms. The van der Waals surface area contributed by atoms with Crippen molar-refractivity contribution in [1.29, 1.82) is 0 Å². The van der Waals surface area contributed by atoms with E-state index in [-0.39, 0.29) is 4.90 Å². The first kappa shape index (κ1) is 13.3. The van der Waals surface area contributed by atoms with Crippen LogP contribution in [0.3, 0.4) is 0 Å². The Bertz CT molecular complexity index is 1110. The van der Waals surface area contributed by atoms with Crippen LogP contribution in [0.1, 0.15) is 0 Å². The van der Waals surface area contributed by atoms with Crippen LogP contribution >= 0.6 is 11.6 Å². The van der Waals surface area contributed by atoms with Crippen LogP contribution in [0.25, 0.3) is 22.0 Å². The zero-order valence-corrected chi connectivity index (χ0v) is 12.5. The molecule has 0 fully saturated rings. The van der Waals surface area contributed by atoms with Crippen molar-refractivity contribution in [2.45, 2.75) is 4.90 Å². The first-order chi connectivity index (χ1) is 10.6. The van der Waals surface area contributed by atoms with E-state index < -0.39 is 10.0 Å². The summed E-state index contributed by atoms with van der Waals surface area (Å²) in [5.74, 6) is 0. The number of pyridine rings is 1. The molecular weight excluding hydrogens is 326 g/mol. The number of halogens is 1. The fourth-order valence-corrected chi connectivity index (χ4v) is 3.84. The van der Waals surface area contributed by atoms with Crippen LogP contribution in [-0.2, 0) is 10.0 Å². The van der Waals surface area contributed by atoms with Crippen molar-refractivity contribution in [2.24, 2.45) is 0 Å². The highest BCUT2D eigenvalue weighted by Crippen LogP contribution is 2.25. The lowest BCUT2D eigenvalue weighted by Gasteiger charge is -2.07. The normalized spacial score (nSPS) is 12.2. The van der Waals surface area contributed by atoms with Crippen LogP contribution in [-0.4, -0.2) is 22.5 Å². The molecule has 0 spiro atoms. The first-order valence-electron chi connectivity index (χ1n) is 6.29. The highest BCUT2D eigenvalue weighted by molar-refractivity contribution is 7.90. The number of rotatable bonds is 2. The molecule has 3 aromatic heterocycles. The molecule has 4 aromatic rings. The van der Waals surface area contributed by atoms with Gasteiger partial charge in [-0.25, -0.2) is 17.4 Å². The number of benzene rings is 1. The molecule has 8 heteroatoms. The third-order valence-corrected chi connectivity index (χ3v) is 5.25.